The van der Waals surface area contributed by atoms with Gasteiger partial charge in [0.15, 0.2) is 5.82 Å². The van der Waals surface area contributed by atoms with Gasteiger partial charge in [0, 0.05) is 5.38 Å². The number of nitrogens with two attached hydrogens (primary N) is 1. The summed E-state index contributed by atoms with van der Waals surface area (Å²) in [5, 5.41) is 9.43. The molecular weight excluding hydrogens is 174 g/mol. The van der Waals surface area contributed by atoms with Gasteiger partial charge in [0.05, 0.1) is 23.9 Å². The van der Waals surface area contributed by atoms with E-state index in [9.17, 15) is 0 Å². The molecule has 2 rings (SSSR count). The fraction of sp³-hybridized carbons (Fsp3) is 0.167. The predicted octanol–water partition coefficient (Wildman–Crippen LogP) is 0.365. The van der Waals surface area contributed by atoms with E-state index >= 15 is 0 Å². The van der Waals surface area contributed by atoms with E-state index in [-0.39, 0.29) is 0 Å². The summed E-state index contributed by atoms with van der Waals surface area (Å²) >= 11 is 1.56. The molecule has 0 saturated carbocycles. The van der Waals surface area contributed by atoms with Gasteiger partial charge in [-0.1, -0.05) is 5.21 Å². The van der Waals surface area contributed by atoms with Crippen LogP contribution in [0, 0.1) is 0 Å². The van der Waals surface area contributed by atoms with Gasteiger partial charge in [0.1, 0.15) is 0 Å². The Morgan fingerprint density at radius 2 is 2.50 bits per heavy atom. The van der Waals surface area contributed by atoms with Crippen LogP contribution in [0.15, 0.2) is 17.1 Å². The van der Waals surface area contributed by atoms with Gasteiger partial charge in [0.2, 0.25) is 0 Å². The molecule has 0 fully saturated rings. The summed E-state index contributed by atoms with van der Waals surface area (Å²) in [5.41, 5.74) is 8.16. The molecule has 0 spiro atoms. The van der Waals surface area contributed by atoms with E-state index in [0.29, 0.717) is 12.4 Å². The van der Waals surface area contributed by atoms with Gasteiger partial charge in [-0.3, -0.25) is 0 Å². The monoisotopic (exact) mass is 181 g/mol. The fourth-order valence-electron chi connectivity index (χ4n) is 0.872. The van der Waals surface area contributed by atoms with E-state index in [1.54, 1.807) is 27.7 Å². The summed E-state index contributed by atoms with van der Waals surface area (Å²) in [4.78, 5) is 4.11. The molecule has 2 N–H and O–H groups in total. The molecule has 2 aromatic rings. The summed E-state index contributed by atoms with van der Waals surface area (Å²) in [6, 6.07) is 0. The van der Waals surface area contributed by atoms with Crippen molar-refractivity contribution in [3.63, 3.8) is 0 Å². The zero-order valence-corrected chi connectivity index (χ0v) is 7.03. The summed E-state index contributed by atoms with van der Waals surface area (Å²) in [5.74, 6) is 0.435. The van der Waals surface area contributed by atoms with E-state index in [0.717, 1.165) is 5.69 Å². The molecule has 0 aliphatic heterocycles. The minimum absolute atomic E-state index is 0.435. The van der Waals surface area contributed by atoms with Crippen molar-refractivity contribution in [2.24, 2.45) is 0 Å². The van der Waals surface area contributed by atoms with Gasteiger partial charge in [-0.2, -0.15) is 0 Å². The molecule has 0 aliphatic carbocycles. The summed E-state index contributed by atoms with van der Waals surface area (Å²) in [7, 11) is 0. The Morgan fingerprint density at radius 3 is 3.08 bits per heavy atom. The number of thiazole rings is 1. The van der Waals surface area contributed by atoms with Gasteiger partial charge < -0.3 is 5.73 Å². The predicted molar refractivity (Wildman–Crippen MR) is 45.7 cm³/mol. The molecule has 0 saturated heterocycles. The smallest absolute Gasteiger partial charge is 0.165 e. The van der Waals surface area contributed by atoms with Crippen molar-refractivity contribution in [1.29, 1.82) is 0 Å². The second kappa shape index (κ2) is 2.90. The molecule has 0 bridgehead atoms. The molecule has 0 radical (unpaired) electrons. The first-order valence-corrected chi connectivity index (χ1v) is 4.31. The highest BCUT2D eigenvalue weighted by molar-refractivity contribution is 7.07. The first-order chi connectivity index (χ1) is 5.84. The number of rotatable bonds is 2. The van der Waals surface area contributed by atoms with Crippen LogP contribution in [-0.4, -0.2) is 20.0 Å². The maximum absolute atomic E-state index is 5.40. The van der Waals surface area contributed by atoms with Crippen LogP contribution in [0.1, 0.15) is 5.69 Å². The standard InChI is InChI=1S/C6H7N5S/c7-6-2-11(10-9-6)1-5-3-12-4-8-5/h2-4H,1,7H2. The zero-order chi connectivity index (χ0) is 8.39. The van der Waals surface area contributed by atoms with Gasteiger partial charge in [-0.05, 0) is 0 Å². The van der Waals surface area contributed by atoms with Gasteiger partial charge in [-0.15, -0.1) is 16.4 Å². The number of nitrogens with zero attached hydrogens (tertiary/aromatic N) is 4. The Balaban J connectivity index is 2.14. The SMILES string of the molecule is Nc1cn(Cc2cscn2)nn1. The molecule has 0 amide bonds. The van der Waals surface area contributed by atoms with Crippen LogP contribution in [-0.2, 0) is 6.54 Å². The molecule has 0 aromatic carbocycles. The lowest BCUT2D eigenvalue weighted by Crippen LogP contribution is -2.00. The van der Waals surface area contributed by atoms with Crippen molar-refractivity contribution in [1.82, 2.24) is 20.0 Å². The highest BCUT2D eigenvalue weighted by atomic mass is 32.1. The highest BCUT2D eigenvalue weighted by Crippen LogP contribution is 2.03. The van der Waals surface area contributed by atoms with Crippen molar-refractivity contribution in [3.8, 4) is 0 Å². The zero-order valence-electron chi connectivity index (χ0n) is 6.21. The summed E-state index contributed by atoms with van der Waals surface area (Å²) in [6.45, 7) is 0.633. The first kappa shape index (κ1) is 7.23. The maximum Gasteiger partial charge on any atom is 0.165 e. The van der Waals surface area contributed by atoms with Crippen LogP contribution >= 0.6 is 11.3 Å². The first-order valence-electron chi connectivity index (χ1n) is 3.37. The average molecular weight is 181 g/mol. The number of anilines is 1. The molecule has 0 atom stereocenters. The lowest BCUT2D eigenvalue weighted by molar-refractivity contribution is 0.641. The van der Waals surface area contributed by atoms with Crippen LogP contribution in [0.25, 0.3) is 0 Å². The van der Waals surface area contributed by atoms with Crippen LogP contribution < -0.4 is 5.73 Å². The molecule has 62 valence electrons. The summed E-state index contributed by atoms with van der Waals surface area (Å²) < 4.78 is 1.66. The molecule has 12 heavy (non-hydrogen) atoms. The molecule has 0 unspecified atom stereocenters. The second-order valence-corrected chi connectivity index (χ2v) is 3.04. The van der Waals surface area contributed by atoms with E-state index < -0.39 is 0 Å². The molecule has 5 nitrogen and oxygen atoms in total. The Kier molecular flexibility index (Phi) is 1.75. The topological polar surface area (TPSA) is 69.6 Å². The van der Waals surface area contributed by atoms with Crippen LogP contribution in [0.5, 0.6) is 0 Å². The van der Waals surface area contributed by atoms with Crippen molar-refractivity contribution in [2.75, 3.05) is 5.73 Å². The van der Waals surface area contributed by atoms with Crippen molar-refractivity contribution in [3.05, 3.63) is 22.8 Å². The van der Waals surface area contributed by atoms with E-state index in [2.05, 4.69) is 15.3 Å². The molecule has 0 aliphatic rings. The van der Waals surface area contributed by atoms with Gasteiger partial charge in [0.25, 0.3) is 0 Å². The lowest BCUT2D eigenvalue weighted by Gasteiger charge is -1.93. The van der Waals surface area contributed by atoms with Crippen LogP contribution in [0.2, 0.25) is 0 Å². The van der Waals surface area contributed by atoms with Crippen molar-refractivity contribution in [2.45, 2.75) is 6.54 Å². The number of nitrogen functional groups attached to an aromatic ring is 1. The molecular formula is C6H7N5S. The third-order valence-electron chi connectivity index (χ3n) is 1.36. The quantitative estimate of drug-likeness (QED) is 0.726. The van der Waals surface area contributed by atoms with Crippen LogP contribution in [0.4, 0.5) is 5.82 Å². The third kappa shape index (κ3) is 1.42. The van der Waals surface area contributed by atoms with E-state index in [4.69, 9.17) is 5.73 Å². The minimum atomic E-state index is 0.435. The Morgan fingerprint density at radius 1 is 1.58 bits per heavy atom. The molecule has 2 aromatic heterocycles. The molecule has 6 heteroatoms. The van der Waals surface area contributed by atoms with Gasteiger partial charge in [-0.25, -0.2) is 9.67 Å². The molecule has 2 heterocycles. The normalized spacial score (nSPS) is 10.3. The number of hydrogen-bond acceptors (Lipinski definition) is 5. The number of hydrogen-bond donors (Lipinski definition) is 1. The Labute approximate surface area is 72.8 Å². The van der Waals surface area contributed by atoms with Gasteiger partial charge >= 0.3 is 0 Å². The second-order valence-electron chi connectivity index (χ2n) is 2.32. The average Bonchev–Trinajstić information content (AvgIpc) is 2.63. The van der Waals surface area contributed by atoms with E-state index in [1.807, 2.05) is 5.38 Å². The number of aromatic nitrogens is 4. The van der Waals surface area contributed by atoms with Crippen molar-refractivity contribution < 1.29 is 0 Å². The van der Waals surface area contributed by atoms with Crippen LogP contribution in [0.3, 0.4) is 0 Å². The Bertz CT molecular complexity index is 352. The highest BCUT2D eigenvalue weighted by Gasteiger charge is 1.98. The fourth-order valence-corrected chi connectivity index (χ4v) is 1.42. The Hall–Kier alpha value is -1.43. The third-order valence-corrected chi connectivity index (χ3v) is 2.00. The van der Waals surface area contributed by atoms with Crippen molar-refractivity contribution >= 4 is 17.2 Å². The largest absolute Gasteiger partial charge is 0.381 e. The maximum atomic E-state index is 5.40. The minimum Gasteiger partial charge on any atom is -0.381 e. The lowest BCUT2D eigenvalue weighted by atomic mass is 10.5. The van der Waals surface area contributed by atoms with E-state index in [1.165, 1.54) is 0 Å². The summed E-state index contributed by atoms with van der Waals surface area (Å²) in [6.07, 6.45) is 1.68.